The summed E-state index contributed by atoms with van der Waals surface area (Å²) in [7, 11) is 1.94. The van der Waals surface area contributed by atoms with Crippen molar-refractivity contribution in [3.05, 3.63) is 48.0 Å². The van der Waals surface area contributed by atoms with Crippen LogP contribution in [0, 0.1) is 20.2 Å². The lowest BCUT2D eigenvalue weighted by Crippen LogP contribution is -2.27. The summed E-state index contributed by atoms with van der Waals surface area (Å²) in [4.78, 5) is 9.19. The van der Waals surface area contributed by atoms with Gasteiger partial charge < -0.3 is 9.13 Å². The molecule has 0 fully saturated rings. The third-order valence-electron chi connectivity index (χ3n) is 3.06. The molecule has 18 heavy (non-hydrogen) atoms. The molecule has 0 aliphatic heterocycles. The number of nitrogens with zero attached hydrogens (tertiary/aromatic N) is 4. The molecular weight excluding hydrogens is 224 g/mol. The third kappa shape index (κ3) is 1.57. The molecule has 3 rings (SSSR count). The molecule has 2 aromatic heterocycles. The van der Waals surface area contributed by atoms with Crippen LogP contribution in [-0.2, 0) is 7.05 Å². The zero-order chi connectivity index (χ0) is 12.7. The van der Waals surface area contributed by atoms with Crippen LogP contribution in [-0.4, -0.2) is 14.5 Å². The van der Waals surface area contributed by atoms with Crippen LogP contribution < -0.4 is 4.57 Å². The lowest BCUT2D eigenvalue weighted by molar-refractivity contribution is -0.651. The van der Waals surface area contributed by atoms with Crippen molar-refractivity contribution in [1.82, 2.24) is 14.5 Å². The lowest BCUT2D eigenvalue weighted by atomic mass is 10.3. The monoisotopic (exact) mass is 238 g/mol. The van der Waals surface area contributed by atoms with Gasteiger partial charge in [0.25, 0.3) is 0 Å². The Morgan fingerprint density at radius 3 is 2.44 bits per heavy atom. The van der Waals surface area contributed by atoms with E-state index in [4.69, 9.17) is 0 Å². The SMILES string of the molecule is Cc1nc2c(nc1C)[n+](C)[c-]n2-c1ccccc1. The molecule has 0 radical (unpaired) electrons. The van der Waals surface area contributed by atoms with Crippen LogP contribution in [0.25, 0.3) is 17.0 Å². The number of para-hydroxylation sites is 1. The van der Waals surface area contributed by atoms with E-state index in [0.29, 0.717) is 0 Å². The zero-order valence-corrected chi connectivity index (χ0v) is 10.7. The number of benzene rings is 1. The van der Waals surface area contributed by atoms with Crippen molar-refractivity contribution in [3.8, 4) is 5.69 Å². The second-order valence-corrected chi connectivity index (χ2v) is 4.37. The molecule has 1 aromatic carbocycles. The molecule has 0 spiro atoms. The van der Waals surface area contributed by atoms with Crippen LogP contribution in [0.2, 0.25) is 0 Å². The maximum atomic E-state index is 4.62. The largest absolute Gasteiger partial charge is 0.336 e. The topological polar surface area (TPSA) is 34.6 Å². The van der Waals surface area contributed by atoms with Gasteiger partial charge in [-0.05, 0) is 13.8 Å². The van der Waals surface area contributed by atoms with E-state index < -0.39 is 0 Å². The van der Waals surface area contributed by atoms with E-state index in [9.17, 15) is 0 Å². The van der Waals surface area contributed by atoms with Gasteiger partial charge in [-0.1, -0.05) is 30.3 Å². The second kappa shape index (κ2) is 3.91. The highest BCUT2D eigenvalue weighted by atomic mass is 15.2. The van der Waals surface area contributed by atoms with Crippen LogP contribution in [0.15, 0.2) is 30.3 Å². The third-order valence-corrected chi connectivity index (χ3v) is 3.06. The zero-order valence-electron chi connectivity index (χ0n) is 10.7. The average molecular weight is 238 g/mol. The molecule has 0 N–H and O–H groups in total. The Balaban J connectivity index is 2.35. The number of hydrogen-bond acceptors (Lipinski definition) is 2. The molecule has 0 aliphatic carbocycles. The first-order valence-corrected chi connectivity index (χ1v) is 5.87. The molecule has 0 aliphatic rings. The van der Waals surface area contributed by atoms with Gasteiger partial charge in [-0.15, -0.1) is 0 Å². The molecule has 4 nitrogen and oxygen atoms in total. The molecule has 90 valence electrons. The van der Waals surface area contributed by atoms with Gasteiger partial charge in [-0.3, -0.25) is 4.98 Å². The Morgan fingerprint density at radius 1 is 1.06 bits per heavy atom. The van der Waals surface area contributed by atoms with E-state index in [-0.39, 0.29) is 0 Å². The average Bonchev–Trinajstić information content (AvgIpc) is 2.69. The fourth-order valence-electron chi connectivity index (χ4n) is 1.96. The second-order valence-electron chi connectivity index (χ2n) is 4.37. The van der Waals surface area contributed by atoms with Gasteiger partial charge in [0.1, 0.15) is 11.3 Å². The minimum Gasteiger partial charge on any atom is -0.336 e. The first-order valence-electron chi connectivity index (χ1n) is 5.87. The van der Waals surface area contributed by atoms with Gasteiger partial charge in [0.15, 0.2) is 6.33 Å². The van der Waals surface area contributed by atoms with E-state index in [1.807, 2.05) is 60.4 Å². The van der Waals surface area contributed by atoms with Crippen molar-refractivity contribution in [2.24, 2.45) is 7.05 Å². The van der Waals surface area contributed by atoms with Crippen LogP contribution in [0.5, 0.6) is 0 Å². The van der Waals surface area contributed by atoms with Crippen molar-refractivity contribution in [2.75, 3.05) is 0 Å². The summed E-state index contributed by atoms with van der Waals surface area (Å²) in [6.45, 7) is 3.95. The number of hydrogen-bond donors (Lipinski definition) is 0. The van der Waals surface area contributed by atoms with Crippen molar-refractivity contribution >= 4 is 11.3 Å². The summed E-state index contributed by atoms with van der Waals surface area (Å²) in [5.74, 6) is 0. The molecule has 4 heteroatoms. The van der Waals surface area contributed by atoms with Crippen molar-refractivity contribution in [2.45, 2.75) is 13.8 Å². The summed E-state index contributed by atoms with van der Waals surface area (Å²) in [6, 6.07) is 10.1. The predicted molar refractivity (Wildman–Crippen MR) is 68.4 cm³/mol. The quantitative estimate of drug-likeness (QED) is 0.477. The van der Waals surface area contributed by atoms with Crippen molar-refractivity contribution in [1.29, 1.82) is 0 Å². The van der Waals surface area contributed by atoms with Crippen LogP contribution in [0.4, 0.5) is 0 Å². The lowest BCUT2D eigenvalue weighted by Gasteiger charge is -2.05. The standard InChI is InChI=1S/C14H14N4/c1-10-11(2)16-14-13(15-10)17(3)9-18(14)12-7-5-4-6-8-12/h4-8H,1-3H3. The maximum Gasteiger partial charge on any atom is 0.205 e. The van der Waals surface area contributed by atoms with Crippen molar-refractivity contribution in [3.63, 3.8) is 0 Å². The molecule has 0 atom stereocenters. The van der Waals surface area contributed by atoms with Crippen molar-refractivity contribution < 1.29 is 4.57 Å². The highest BCUT2D eigenvalue weighted by Gasteiger charge is 2.10. The van der Waals surface area contributed by atoms with Gasteiger partial charge in [0.2, 0.25) is 5.65 Å². The fraction of sp³-hybridized carbons (Fsp3) is 0.214. The summed E-state index contributed by atoms with van der Waals surface area (Å²) in [5, 5.41) is 0. The van der Waals surface area contributed by atoms with Gasteiger partial charge in [0, 0.05) is 12.7 Å². The molecule has 0 amide bonds. The first kappa shape index (κ1) is 10.9. The van der Waals surface area contributed by atoms with Gasteiger partial charge >= 0.3 is 0 Å². The highest BCUT2D eigenvalue weighted by Crippen LogP contribution is 2.14. The molecule has 0 saturated carbocycles. The smallest absolute Gasteiger partial charge is 0.205 e. The van der Waals surface area contributed by atoms with Gasteiger partial charge in [0.05, 0.1) is 5.69 Å². The van der Waals surface area contributed by atoms with E-state index in [0.717, 1.165) is 28.4 Å². The Morgan fingerprint density at radius 2 is 1.72 bits per heavy atom. The molecule has 0 saturated heterocycles. The number of imidazole rings is 1. The fourth-order valence-corrected chi connectivity index (χ4v) is 1.96. The van der Waals surface area contributed by atoms with E-state index >= 15 is 0 Å². The molecule has 0 bridgehead atoms. The number of aromatic nitrogens is 4. The summed E-state index contributed by atoms with van der Waals surface area (Å²) in [6.07, 6.45) is 3.23. The first-order chi connectivity index (χ1) is 8.66. The van der Waals surface area contributed by atoms with E-state index in [1.165, 1.54) is 0 Å². The van der Waals surface area contributed by atoms with Gasteiger partial charge in [-0.2, -0.15) is 4.98 Å². The number of rotatable bonds is 1. The minimum atomic E-state index is 0.840. The Kier molecular flexibility index (Phi) is 2.37. The molecular formula is C14H14N4. The highest BCUT2D eigenvalue weighted by molar-refractivity contribution is 5.65. The van der Waals surface area contributed by atoms with Crippen LogP contribution >= 0.6 is 0 Å². The number of aryl methyl sites for hydroxylation is 3. The predicted octanol–water partition coefficient (Wildman–Crippen LogP) is 1.66. The Labute approximate surface area is 106 Å². The van der Waals surface area contributed by atoms with Crippen LogP contribution in [0.3, 0.4) is 0 Å². The van der Waals surface area contributed by atoms with Crippen LogP contribution in [0.1, 0.15) is 11.4 Å². The van der Waals surface area contributed by atoms with E-state index in [1.54, 1.807) is 0 Å². The summed E-state index contributed by atoms with van der Waals surface area (Å²) >= 11 is 0. The number of fused-ring (bicyclic) bond motifs is 1. The van der Waals surface area contributed by atoms with E-state index in [2.05, 4.69) is 16.3 Å². The summed E-state index contributed by atoms with van der Waals surface area (Å²) in [5.41, 5.74) is 4.64. The molecule has 0 unspecified atom stereocenters. The molecule has 3 aromatic rings. The minimum absolute atomic E-state index is 0.840. The maximum absolute atomic E-state index is 4.62. The normalized spacial score (nSPS) is 11.1. The summed E-state index contributed by atoms with van der Waals surface area (Å²) < 4.78 is 3.82. The Hall–Kier alpha value is -2.23. The Bertz CT molecular complexity index is 713. The van der Waals surface area contributed by atoms with Gasteiger partial charge in [-0.25, -0.2) is 0 Å². The molecule has 2 heterocycles.